The second-order valence-corrected chi connectivity index (χ2v) is 6.74. The summed E-state index contributed by atoms with van der Waals surface area (Å²) in [5.41, 5.74) is 1.77. The Kier molecular flexibility index (Phi) is 3.44. The zero-order valence-corrected chi connectivity index (χ0v) is 10.9. The van der Waals surface area contributed by atoms with Crippen LogP contribution in [-0.2, 0) is 9.84 Å². The maximum Gasteiger partial charge on any atom is 0.151 e. The fourth-order valence-electron chi connectivity index (χ4n) is 2.20. The van der Waals surface area contributed by atoms with Gasteiger partial charge in [-0.3, -0.25) is 9.97 Å². The third kappa shape index (κ3) is 3.01. The molecule has 2 unspecified atom stereocenters. The maximum atomic E-state index is 11.4. The first kappa shape index (κ1) is 12.4. The van der Waals surface area contributed by atoms with Gasteiger partial charge >= 0.3 is 0 Å². The summed E-state index contributed by atoms with van der Waals surface area (Å²) in [5, 5.41) is 3.31. The second kappa shape index (κ2) is 4.70. The molecule has 94 valence electrons. The molecule has 1 aliphatic heterocycles. The average Bonchev–Trinajstić information content (AvgIpc) is 2.58. The zero-order valence-electron chi connectivity index (χ0n) is 10.0. The molecule has 17 heavy (non-hydrogen) atoms. The van der Waals surface area contributed by atoms with Crippen molar-refractivity contribution in [1.29, 1.82) is 0 Å². The summed E-state index contributed by atoms with van der Waals surface area (Å²) < 4.78 is 22.7. The van der Waals surface area contributed by atoms with Crippen LogP contribution >= 0.6 is 0 Å². The van der Waals surface area contributed by atoms with Crippen molar-refractivity contribution >= 4 is 9.84 Å². The van der Waals surface area contributed by atoms with E-state index in [0.29, 0.717) is 6.42 Å². The number of sulfone groups is 1. The Balaban J connectivity index is 2.03. The Labute approximate surface area is 102 Å². The standard InChI is InChI=1S/C11H17N3O2S/c1-8-11(13-5-4-12-8)9(2)14-10-3-6-17(15,16)7-10/h4-5,9-10,14H,3,6-7H2,1-2H3. The predicted octanol–water partition coefficient (Wildman–Crippen LogP) is 0.623. The van der Waals surface area contributed by atoms with Gasteiger partial charge in [0.05, 0.1) is 22.9 Å². The van der Waals surface area contributed by atoms with E-state index in [9.17, 15) is 8.42 Å². The van der Waals surface area contributed by atoms with Gasteiger partial charge in [-0.25, -0.2) is 8.42 Å². The van der Waals surface area contributed by atoms with Crippen LogP contribution in [0.3, 0.4) is 0 Å². The Morgan fingerprint density at radius 3 is 2.71 bits per heavy atom. The van der Waals surface area contributed by atoms with E-state index in [0.717, 1.165) is 11.4 Å². The highest BCUT2D eigenvalue weighted by Crippen LogP contribution is 2.17. The molecular weight excluding hydrogens is 238 g/mol. The number of hydrogen-bond donors (Lipinski definition) is 1. The minimum atomic E-state index is -2.83. The van der Waals surface area contributed by atoms with Crippen molar-refractivity contribution in [3.8, 4) is 0 Å². The Morgan fingerprint density at radius 1 is 1.41 bits per heavy atom. The van der Waals surface area contributed by atoms with Crippen LogP contribution in [-0.4, -0.2) is 35.9 Å². The largest absolute Gasteiger partial charge is 0.305 e. The summed E-state index contributed by atoms with van der Waals surface area (Å²) in [5.74, 6) is 0.521. The van der Waals surface area contributed by atoms with Gasteiger partial charge in [0.25, 0.3) is 0 Å². The van der Waals surface area contributed by atoms with E-state index in [2.05, 4.69) is 15.3 Å². The Morgan fingerprint density at radius 2 is 2.12 bits per heavy atom. The van der Waals surface area contributed by atoms with Gasteiger partial charge in [0, 0.05) is 24.5 Å². The lowest BCUT2D eigenvalue weighted by atomic mass is 10.1. The van der Waals surface area contributed by atoms with Crippen molar-refractivity contribution in [2.45, 2.75) is 32.4 Å². The van der Waals surface area contributed by atoms with Crippen LogP contribution in [0.4, 0.5) is 0 Å². The van der Waals surface area contributed by atoms with Crippen molar-refractivity contribution < 1.29 is 8.42 Å². The van der Waals surface area contributed by atoms with E-state index in [1.54, 1.807) is 12.4 Å². The molecular formula is C11H17N3O2S. The second-order valence-electron chi connectivity index (χ2n) is 4.52. The van der Waals surface area contributed by atoms with Crippen LogP contribution in [0.5, 0.6) is 0 Å². The molecule has 6 heteroatoms. The molecule has 0 amide bonds. The van der Waals surface area contributed by atoms with Crippen LogP contribution in [0.2, 0.25) is 0 Å². The lowest BCUT2D eigenvalue weighted by Gasteiger charge is -2.18. The number of aromatic nitrogens is 2. The van der Waals surface area contributed by atoms with Gasteiger partial charge in [0.2, 0.25) is 0 Å². The molecule has 1 saturated heterocycles. The first-order valence-corrected chi connectivity index (χ1v) is 7.54. The highest BCUT2D eigenvalue weighted by atomic mass is 32.2. The van der Waals surface area contributed by atoms with Crippen molar-refractivity contribution in [1.82, 2.24) is 15.3 Å². The fourth-order valence-corrected chi connectivity index (χ4v) is 3.89. The van der Waals surface area contributed by atoms with Gasteiger partial charge in [-0.05, 0) is 20.3 Å². The summed E-state index contributed by atoms with van der Waals surface area (Å²) in [6, 6.07) is 0.0680. The van der Waals surface area contributed by atoms with E-state index in [1.807, 2.05) is 13.8 Å². The normalized spacial score (nSPS) is 24.7. The van der Waals surface area contributed by atoms with Gasteiger partial charge in [0.1, 0.15) is 0 Å². The van der Waals surface area contributed by atoms with Gasteiger partial charge in [-0.15, -0.1) is 0 Å². The molecule has 0 radical (unpaired) electrons. The van der Waals surface area contributed by atoms with Crippen LogP contribution in [0.1, 0.15) is 30.8 Å². The number of aryl methyl sites for hydroxylation is 1. The van der Waals surface area contributed by atoms with Crippen LogP contribution in [0.15, 0.2) is 12.4 Å². The molecule has 0 aromatic carbocycles. The summed E-state index contributed by atoms with van der Waals surface area (Å²) in [6.45, 7) is 3.90. The molecule has 0 spiro atoms. The van der Waals surface area contributed by atoms with Crippen molar-refractivity contribution in [3.05, 3.63) is 23.8 Å². The average molecular weight is 255 g/mol. The van der Waals surface area contributed by atoms with Crippen molar-refractivity contribution in [2.75, 3.05) is 11.5 Å². The molecule has 5 nitrogen and oxygen atoms in total. The van der Waals surface area contributed by atoms with E-state index < -0.39 is 9.84 Å². The Bertz CT molecular complexity index is 501. The lowest BCUT2D eigenvalue weighted by molar-refractivity contribution is 0.474. The fraction of sp³-hybridized carbons (Fsp3) is 0.636. The van der Waals surface area contributed by atoms with E-state index in [4.69, 9.17) is 0 Å². The van der Waals surface area contributed by atoms with Crippen LogP contribution < -0.4 is 5.32 Å². The topological polar surface area (TPSA) is 72.0 Å². The third-order valence-electron chi connectivity index (χ3n) is 3.05. The van der Waals surface area contributed by atoms with Crippen molar-refractivity contribution in [3.63, 3.8) is 0 Å². The van der Waals surface area contributed by atoms with E-state index in [-0.39, 0.29) is 23.6 Å². The minimum absolute atomic E-state index is 0.0296. The molecule has 0 bridgehead atoms. The molecule has 2 rings (SSSR count). The molecule has 2 heterocycles. The number of nitrogens with one attached hydrogen (secondary N) is 1. The highest BCUT2D eigenvalue weighted by molar-refractivity contribution is 7.91. The number of hydrogen-bond acceptors (Lipinski definition) is 5. The highest BCUT2D eigenvalue weighted by Gasteiger charge is 2.29. The Hall–Kier alpha value is -1.01. The molecule has 0 saturated carbocycles. The third-order valence-corrected chi connectivity index (χ3v) is 4.82. The molecule has 1 aliphatic rings. The number of nitrogens with zero attached hydrogens (tertiary/aromatic N) is 2. The maximum absolute atomic E-state index is 11.4. The van der Waals surface area contributed by atoms with Gasteiger partial charge in [-0.2, -0.15) is 0 Å². The quantitative estimate of drug-likeness (QED) is 0.857. The van der Waals surface area contributed by atoms with E-state index in [1.165, 1.54) is 0 Å². The molecule has 1 N–H and O–H groups in total. The summed E-state index contributed by atoms with van der Waals surface area (Å²) in [7, 11) is -2.83. The van der Waals surface area contributed by atoms with Gasteiger partial charge in [0.15, 0.2) is 9.84 Å². The monoisotopic (exact) mass is 255 g/mol. The lowest BCUT2D eigenvalue weighted by Crippen LogP contribution is -2.33. The van der Waals surface area contributed by atoms with E-state index >= 15 is 0 Å². The molecule has 1 fully saturated rings. The van der Waals surface area contributed by atoms with Crippen LogP contribution in [0.25, 0.3) is 0 Å². The van der Waals surface area contributed by atoms with Gasteiger partial charge in [-0.1, -0.05) is 0 Å². The van der Waals surface area contributed by atoms with Crippen molar-refractivity contribution in [2.24, 2.45) is 0 Å². The zero-order chi connectivity index (χ0) is 12.5. The smallest absolute Gasteiger partial charge is 0.151 e. The summed E-state index contributed by atoms with van der Waals surface area (Å²) in [4.78, 5) is 8.46. The first-order chi connectivity index (χ1) is 7.98. The predicted molar refractivity (Wildman–Crippen MR) is 65.4 cm³/mol. The minimum Gasteiger partial charge on any atom is -0.305 e. The molecule has 1 aromatic heterocycles. The molecule has 0 aliphatic carbocycles. The van der Waals surface area contributed by atoms with Crippen LogP contribution in [0, 0.1) is 6.92 Å². The molecule has 1 aromatic rings. The molecule has 2 atom stereocenters. The first-order valence-electron chi connectivity index (χ1n) is 5.72. The SMILES string of the molecule is Cc1nccnc1C(C)NC1CCS(=O)(=O)C1. The summed E-state index contributed by atoms with van der Waals surface area (Å²) in [6.07, 6.45) is 4.00. The summed E-state index contributed by atoms with van der Waals surface area (Å²) >= 11 is 0. The van der Waals surface area contributed by atoms with Gasteiger partial charge < -0.3 is 5.32 Å². The number of rotatable bonds is 3.